The SMILES string of the molecule is Nc1c(F)cncc1-c1ccc(Cl)c(Cl)c1. The maximum absolute atomic E-state index is 13.2. The van der Waals surface area contributed by atoms with Crippen LogP contribution < -0.4 is 5.73 Å². The molecule has 0 fully saturated rings. The molecule has 0 saturated carbocycles. The third-order valence-electron chi connectivity index (χ3n) is 2.17. The molecule has 2 aromatic rings. The Hall–Kier alpha value is -1.32. The zero-order valence-electron chi connectivity index (χ0n) is 8.05. The minimum Gasteiger partial charge on any atom is -0.396 e. The van der Waals surface area contributed by atoms with Crippen molar-refractivity contribution < 1.29 is 4.39 Å². The molecule has 0 bridgehead atoms. The summed E-state index contributed by atoms with van der Waals surface area (Å²) in [5, 5.41) is 0.830. The van der Waals surface area contributed by atoms with Gasteiger partial charge in [0.05, 0.1) is 21.9 Å². The number of aromatic nitrogens is 1. The highest BCUT2D eigenvalue weighted by Gasteiger charge is 2.09. The first kappa shape index (κ1) is 11.2. The van der Waals surface area contributed by atoms with Crippen LogP contribution in [-0.2, 0) is 0 Å². The highest BCUT2D eigenvalue weighted by Crippen LogP contribution is 2.31. The van der Waals surface area contributed by atoms with E-state index in [0.29, 0.717) is 21.2 Å². The second-order valence-corrected chi connectivity index (χ2v) is 4.03. The van der Waals surface area contributed by atoms with Crippen LogP contribution in [-0.4, -0.2) is 4.98 Å². The Balaban J connectivity index is 2.59. The van der Waals surface area contributed by atoms with Gasteiger partial charge in [0.25, 0.3) is 0 Å². The Kier molecular flexibility index (Phi) is 2.99. The van der Waals surface area contributed by atoms with E-state index in [9.17, 15) is 4.39 Å². The minimum absolute atomic E-state index is 0.0494. The lowest BCUT2D eigenvalue weighted by Gasteiger charge is -2.06. The highest BCUT2D eigenvalue weighted by molar-refractivity contribution is 6.42. The topological polar surface area (TPSA) is 38.9 Å². The smallest absolute Gasteiger partial charge is 0.164 e. The fraction of sp³-hybridized carbons (Fsp3) is 0. The van der Waals surface area contributed by atoms with Crippen LogP contribution in [0.2, 0.25) is 10.0 Å². The summed E-state index contributed by atoms with van der Waals surface area (Å²) in [7, 11) is 0. The third-order valence-corrected chi connectivity index (χ3v) is 2.91. The van der Waals surface area contributed by atoms with Crippen molar-refractivity contribution in [3.63, 3.8) is 0 Å². The summed E-state index contributed by atoms with van der Waals surface area (Å²) in [5.74, 6) is -0.552. The van der Waals surface area contributed by atoms with E-state index in [2.05, 4.69) is 4.98 Å². The number of nitrogens with two attached hydrogens (primary N) is 1. The molecular formula is C11H7Cl2FN2. The average Bonchev–Trinajstić information content (AvgIpc) is 2.26. The number of pyridine rings is 1. The molecule has 0 radical (unpaired) electrons. The van der Waals surface area contributed by atoms with E-state index < -0.39 is 5.82 Å². The monoisotopic (exact) mass is 256 g/mol. The Morgan fingerprint density at radius 1 is 1.12 bits per heavy atom. The van der Waals surface area contributed by atoms with E-state index in [1.54, 1.807) is 18.2 Å². The predicted molar refractivity (Wildman–Crippen MR) is 64.1 cm³/mol. The molecule has 2 rings (SSSR count). The lowest BCUT2D eigenvalue weighted by Crippen LogP contribution is -1.95. The number of benzene rings is 1. The summed E-state index contributed by atoms with van der Waals surface area (Å²) in [6, 6.07) is 4.96. The first-order valence-corrected chi connectivity index (χ1v) is 5.19. The van der Waals surface area contributed by atoms with Gasteiger partial charge >= 0.3 is 0 Å². The third kappa shape index (κ3) is 1.96. The van der Waals surface area contributed by atoms with Crippen LogP contribution in [0.3, 0.4) is 0 Å². The molecule has 1 aromatic carbocycles. The molecule has 2 nitrogen and oxygen atoms in total. The van der Waals surface area contributed by atoms with Crippen LogP contribution in [0, 0.1) is 5.82 Å². The molecule has 0 aliphatic heterocycles. The van der Waals surface area contributed by atoms with E-state index in [1.165, 1.54) is 6.20 Å². The minimum atomic E-state index is -0.552. The molecule has 82 valence electrons. The van der Waals surface area contributed by atoms with Crippen molar-refractivity contribution in [3.05, 3.63) is 46.5 Å². The predicted octanol–water partition coefficient (Wildman–Crippen LogP) is 3.78. The molecule has 0 unspecified atom stereocenters. The Bertz CT molecular complexity index is 544. The molecular weight excluding hydrogens is 250 g/mol. The molecule has 1 aromatic heterocycles. The summed E-state index contributed by atoms with van der Waals surface area (Å²) in [5.41, 5.74) is 6.84. The fourth-order valence-corrected chi connectivity index (χ4v) is 1.64. The molecule has 5 heteroatoms. The first-order chi connectivity index (χ1) is 7.59. The number of hydrogen-bond donors (Lipinski definition) is 1. The van der Waals surface area contributed by atoms with Crippen molar-refractivity contribution in [2.75, 3.05) is 5.73 Å². The van der Waals surface area contributed by atoms with Crippen LogP contribution in [0.25, 0.3) is 11.1 Å². The van der Waals surface area contributed by atoms with E-state index >= 15 is 0 Å². The van der Waals surface area contributed by atoms with Gasteiger partial charge in [-0.25, -0.2) is 4.39 Å². The van der Waals surface area contributed by atoms with E-state index in [-0.39, 0.29) is 5.69 Å². The van der Waals surface area contributed by atoms with Crippen molar-refractivity contribution in [3.8, 4) is 11.1 Å². The number of rotatable bonds is 1. The summed E-state index contributed by atoms with van der Waals surface area (Å²) in [6.45, 7) is 0. The van der Waals surface area contributed by atoms with Crippen LogP contribution in [0.4, 0.5) is 10.1 Å². The first-order valence-electron chi connectivity index (χ1n) is 4.44. The molecule has 2 N–H and O–H groups in total. The summed E-state index contributed by atoms with van der Waals surface area (Å²) < 4.78 is 13.2. The molecule has 0 aliphatic carbocycles. The van der Waals surface area contributed by atoms with Gasteiger partial charge in [-0.1, -0.05) is 29.3 Å². The molecule has 0 amide bonds. The Morgan fingerprint density at radius 3 is 2.56 bits per heavy atom. The molecule has 0 saturated heterocycles. The van der Waals surface area contributed by atoms with Crippen molar-refractivity contribution in [2.45, 2.75) is 0 Å². The van der Waals surface area contributed by atoms with Crippen LogP contribution in [0.15, 0.2) is 30.6 Å². The lowest BCUT2D eigenvalue weighted by molar-refractivity contribution is 0.627. The van der Waals surface area contributed by atoms with Crippen molar-refractivity contribution in [1.29, 1.82) is 0 Å². The Morgan fingerprint density at radius 2 is 1.88 bits per heavy atom. The second-order valence-electron chi connectivity index (χ2n) is 3.21. The molecule has 16 heavy (non-hydrogen) atoms. The van der Waals surface area contributed by atoms with Gasteiger partial charge in [-0.05, 0) is 17.7 Å². The van der Waals surface area contributed by atoms with Crippen LogP contribution >= 0.6 is 23.2 Å². The van der Waals surface area contributed by atoms with Gasteiger partial charge in [-0.2, -0.15) is 0 Å². The summed E-state index contributed by atoms with van der Waals surface area (Å²) >= 11 is 11.7. The maximum Gasteiger partial charge on any atom is 0.164 e. The van der Waals surface area contributed by atoms with Crippen molar-refractivity contribution in [1.82, 2.24) is 4.98 Å². The quantitative estimate of drug-likeness (QED) is 0.844. The largest absolute Gasteiger partial charge is 0.396 e. The van der Waals surface area contributed by atoms with Gasteiger partial charge in [0.1, 0.15) is 0 Å². The standard InChI is InChI=1S/C11H7Cl2FN2/c12-8-2-1-6(3-9(8)13)7-4-16-5-10(14)11(7)15/h1-5H,(H2,15,16). The molecule has 0 atom stereocenters. The highest BCUT2D eigenvalue weighted by atomic mass is 35.5. The summed E-state index contributed by atoms with van der Waals surface area (Å²) in [4.78, 5) is 3.74. The van der Waals surface area contributed by atoms with Crippen LogP contribution in [0.1, 0.15) is 0 Å². The summed E-state index contributed by atoms with van der Waals surface area (Å²) in [6.07, 6.45) is 2.55. The number of nitrogens with zero attached hydrogens (tertiary/aromatic N) is 1. The fourth-order valence-electron chi connectivity index (χ4n) is 1.34. The van der Waals surface area contributed by atoms with Crippen LogP contribution in [0.5, 0.6) is 0 Å². The zero-order valence-corrected chi connectivity index (χ0v) is 9.56. The number of nitrogen functional groups attached to an aromatic ring is 1. The normalized spacial score (nSPS) is 10.4. The van der Waals surface area contributed by atoms with E-state index in [4.69, 9.17) is 28.9 Å². The van der Waals surface area contributed by atoms with Gasteiger partial charge in [0, 0.05) is 11.8 Å². The molecule has 0 spiro atoms. The molecule has 0 aliphatic rings. The molecule has 1 heterocycles. The van der Waals surface area contributed by atoms with Crippen molar-refractivity contribution >= 4 is 28.9 Å². The van der Waals surface area contributed by atoms with E-state index in [0.717, 1.165) is 6.20 Å². The van der Waals surface area contributed by atoms with Gasteiger partial charge in [0.15, 0.2) is 5.82 Å². The number of halogens is 3. The van der Waals surface area contributed by atoms with Gasteiger partial charge in [0.2, 0.25) is 0 Å². The van der Waals surface area contributed by atoms with Gasteiger partial charge in [-0.3, -0.25) is 4.98 Å². The number of anilines is 1. The van der Waals surface area contributed by atoms with Gasteiger partial charge in [-0.15, -0.1) is 0 Å². The number of hydrogen-bond acceptors (Lipinski definition) is 2. The van der Waals surface area contributed by atoms with E-state index in [1.807, 2.05) is 0 Å². The van der Waals surface area contributed by atoms with Gasteiger partial charge < -0.3 is 5.73 Å². The zero-order chi connectivity index (χ0) is 11.7. The Labute approximate surface area is 102 Å². The average molecular weight is 257 g/mol. The van der Waals surface area contributed by atoms with Crippen molar-refractivity contribution in [2.24, 2.45) is 0 Å². The second kappa shape index (κ2) is 4.28. The maximum atomic E-state index is 13.2. The lowest BCUT2D eigenvalue weighted by atomic mass is 10.1.